The summed E-state index contributed by atoms with van der Waals surface area (Å²) in [4.78, 5) is 2.36. The van der Waals surface area contributed by atoms with Crippen LogP contribution >= 0.6 is 11.6 Å². The van der Waals surface area contributed by atoms with Gasteiger partial charge in [-0.1, -0.05) is 29.5 Å². The Labute approximate surface area is 119 Å². The van der Waals surface area contributed by atoms with Gasteiger partial charge in [0.25, 0.3) is 0 Å². The van der Waals surface area contributed by atoms with Crippen LogP contribution in [0.5, 0.6) is 0 Å². The molecule has 1 aromatic carbocycles. The number of rotatable bonds is 3. The second kappa shape index (κ2) is 7.52. The molecule has 1 aromatic rings. The number of ether oxygens (including phenoxy) is 1. The van der Waals surface area contributed by atoms with E-state index >= 15 is 0 Å². The number of nitrogens with zero attached hydrogens (tertiary/aromatic N) is 1. The van der Waals surface area contributed by atoms with Crippen molar-refractivity contribution in [2.24, 2.45) is 0 Å². The number of hydrogen-bond donors (Lipinski definition) is 1. The van der Waals surface area contributed by atoms with Crippen LogP contribution in [0.3, 0.4) is 0 Å². The summed E-state index contributed by atoms with van der Waals surface area (Å²) in [5, 5.41) is 4.06. The van der Waals surface area contributed by atoms with Crippen LogP contribution in [0.1, 0.15) is 5.56 Å². The number of methoxy groups -OCH3 is 1. The Balaban J connectivity index is 2.07. The van der Waals surface area contributed by atoms with Crippen LogP contribution in [-0.2, 0) is 4.74 Å². The van der Waals surface area contributed by atoms with Gasteiger partial charge in [0.2, 0.25) is 0 Å². The van der Waals surface area contributed by atoms with E-state index in [1.165, 1.54) is 0 Å². The molecule has 0 aromatic heterocycles. The topological polar surface area (TPSA) is 24.5 Å². The number of hydrogen-bond acceptors (Lipinski definition) is 3. The normalized spacial score (nSPS) is 17.6. The zero-order valence-corrected chi connectivity index (χ0v) is 11.9. The number of halogens is 1. The van der Waals surface area contributed by atoms with Crippen molar-refractivity contribution in [1.82, 2.24) is 10.2 Å². The van der Waals surface area contributed by atoms with Gasteiger partial charge in [-0.2, -0.15) is 0 Å². The van der Waals surface area contributed by atoms with Gasteiger partial charge >= 0.3 is 0 Å². The Morgan fingerprint density at radius 3 is 2.89 bits per heavy atom. The maximum absolute atomic E-state index is 5.96. The molecule has 0 amide bonds. The highest BCUT2D eigenvalue weighted by molar-refractivity contribution is 6.30. The zero-order valence-electron chi connectivity index (χ0n) is 11.2. The van der Waals surface area contributed by atoms with Crippen molar-refractivity contribution in [3.8, 4) is 11.8 Å². The molecule has 1 heterocycles. The van der Waals surface area contributed by atoms with Gasteiger partial charge in [0.1, 0.15) is 0 Å². The molecule has 0 bridgehead atoms. The highest BCUT2D eigenvalue weighted by Crippen LogP contribution is 2.10. The quantitative estimate of drug-likeness (QED) is 0.851. The molecule has 0 aliphatic carbocycles. The minimum atomic E-state index is 0.145. The molecule has 1 unspecified atom stereocenters. The summed E-state index contributed by atoms with van der Waals surface area (Å²) in [7, 11) is 1.72. The maximum Gasteiger partial charge on any atom is 0.0956 e. The third-order valence-corrected chi connectivity index (χ3v) is 3.36. The second-order valence-electron chi connectivity index (χ2n) is 4.54. The largest absolute Gasteiger partial charge is 0.382 e. The van der Waals surface area contributed by atoms with Crippen molar-refractivity contribution >= 4 is 11.6 Å². The average Bonchev–Trinajstić information content (AvgIpc) is 2.44. The minimum absolute atomic E-state index is 0.145. The fourth-order valence-corrected chi connectivity index (χ4v) is 2.31. The van der Waals surface area contributed by atoms with E-state index in [1.54, 1.807) is 7.11 Å². The zero-order chi connectivity index (χ0) is 13.5. The molecule has 2 rings (SSSR count). The first kappa shape index (κ1) is 14.4. The molecule has 0 spiro atoms. The standard InChI is InChI=1S/C15H19ClN2O/c1-19-12-15(18-9-7-17-8-10-18)6-5-13-3-2-4-14(16)11-13/h2-4,11,15,17H,7-10,12H2,1H3. The van der Waals surface area contributed by atoms with E-state index in [1.807, 2.05) is 24.3 Å². The van der Waals surface area contributed by atoms with E-state index in [0.29, 0.717) is 6.61 Å². The van der Waals surface area contributed by atoms with Crippen molar-refractivity contribution in [1.29, 1.82) is 0 Å². The molecule has 1 saturated heterocycles. The van der Waals surface area contributed by atoms with E-state index in [2.05, 4.69) is 22.1 Å². The molecule has 0 radical (unpaired) electrons. The van der Waals surface area contributed by atoms with Crippen molar-refractivity contribution in [2.45, 2.75) is 6.04 Å². The number of benzene rings is 1. The van der Waals surface area contributed by atoms with Crippen molar-refractivity contribution in [3.63, 3.8) is 0 Å². The fraction of sp³-hybridized carbons (Fsp3) is 0.467. The lowest BCUT2D eigenvalue weighted by molar-refractivity contribution is 0.109. The molecule has 102 valence electrons. The summed E-state index contributed by atoms with van der Waals surface area (Å²) in [5.41, 5.74) is 0.948. The number of piperazine rings is 1. The first-order valence-corrected chi connectivity index (χ1v) is 6.88. The molecular weight excluding hydrogens is 260 g/mol. The van der Waals surface area contributed by atoms with Gasteiger partial charge < -0.3 is 10.1 Å². The number of nitrogens with one attached hydrogen (secondary N) is 1. The highest BCUT2D eigenvalue weighted by atomic mass is 35.5. The lowest BCUT2D eigenvalue weighted by Gasteiger charge is -2.31. The Bertz CT molecular complexity index is 461. The molecule has 1 fully saturated rings. The molecule has 3 nitrogen and oxygen atoms in total. The van der Waals surface area contributed by atoms with E-state index < -0.39 is 0 Å². The Kier molecular flexibility index (Phi) is 5.68. The second-order valence-corrected chi connectivity index (χ2v) is 4.97. The third kappa shape index (κ3) is 4.52. The minimum Gasteiger partial charge on any atom is -0.382 e. The van der Waals surface area contributed by atoms with Gasteiger partial charge in [-0.25, -0.2) is 0 Å². The van der Waals surface area contributed by atoms with Gasteiger partial charge in [0.05, 0.1) is 12.6 Å². The van der Waals surface area contributed by atoms with Crippen LogP contribution in [0, 0.1) is 11.8 Å². The van der Waals surface area contributed by atoms with Crippen LogP contribution in [-0.4, -0.2) is 50.8 Å². The van der Waals surface area contributed by atoms with Crippen LogP contribution in [0.4, 0.5) is 0 Å². The molecule has 1 N–H and O–H groups in total. The molecule has 1 aliphatic rings. The van der Waals surface area contributed by atoms with Gasteiger partial charge in [-0.05, 0) is 18.2 Å². The van der Waals surface area contributed by atoms with Crippen molar-refractivity contribution < 1.29 is 4.74 Å². The van der Waals surface area contributed by atoms with E-state index in [0.717, 1.165) is 36.8 Å². The van der Waals surface area contributed by atoms with E-state index in [9.17, 15) is 0 Å². The molecular formula is C15H19ClN2O. The van der Waals surface area contributed by atoms with Crippen LogP contribution < -0.4 is 5.32 Å². The average molecular weight is 279 g/mol. The third-order valence-electron chi connectivity index (χ3n) is 3.12. The Morgan fingerprint density at radius 2 is 2.21 bits per heavy atom. The summed E-state index contributed by atoms with van der Waals surface area (Å²) >= 11 is 5.96. The summed E-state index contributed by atoms with van der Waals surface area (Å²) in [5.74, 6) is 6.49. The molecule has 4 heteroatoms. The molecule has 1 atom stereocenters. The SMILES string of the molecule is COCC(C#Cc1cccc(Cl)c1)N1CCNCC1. The van der Waals surface area contributed by atoms with E-state index in [-0.39, 0.29) is 6.04 Å². The lowest BCUT2D eigenvalue weighted by Crippen LogP contribution is -2.49. The van der Waals surface area contributed by atoms with Crippen LogP contribution in [0.2, 0.25) is 5.02 Å². The van der Waals surface area contributed by atoms with Crippen molar-refractivity contribution in [3.05, 3.63) is 34.9 Å². The van der Waals surface area contributed by atoms with Crippen molar-refractivity contribution in [2.75, 3.05) is 39.9 Å². The predicted octanol–water partition coefficient (Wildman–Crippen LogP) is 1.61. The van der Waals surface area contributed by atoms with Crippen LogP contribution in [0.25, 0.3) is 0 Å². The first-order valence-electron chi connectivity index (χ1n) is 6.50. The van der Waals surface area contributed by atoms with Gasteiger partial charge in [0.15, 0.2) is 0 Å². The fourth-order valence-electron chi connectivity index (χ4n) is 2.12. The summed E-state index contributed by atoms with van der Waals surface area (Å²) in [6, 6.07) is 7.78. The Hall–Kier alpha value is -1.05. The van der Waals surface area contributed by atoms with Gasteiger partial charge in [-0.3, -0.25) is 4.90 Å². The van der Waals surface area contributed by atoms with E-state index in [4.69, 9.17) is 16.3 Å². The molecule has 1 aliphatic heterocycles. The smallest absolute Gasteiger partial charge is 0.0956 e. The van der Waals surface area contributed by atoms with Crippen LogP contribution in [0.15, 0.2) is 24.3 Å². The highest BCUT2D eigenvalue weighted by Gasteiger charge is 2.18. The van der Waals surface area contributed by atoms with Gasteiger partial charge in [0, 0.05) is 43.9 Å². The first-order chi connectivity index (χ1) is 9.29. The summed E-state index contributed by atoms with van der Waals surface area (Å²) in [6.45, 7) is 4.68. The monoisotopic (exact) mass is 278 g/mol. The maximum atomic E-state index is 5.96. The Morgan fingerprint density at radius 1 is 1.42 bits per heavy atom. The summed E-state index contributed by atoms with van der Waals surface area (Å²) in [6.07, 6.45) is 0. The predicted molar refractivity (Wildman–Crippen MR) is 78.4 cm³/mol. The lowest BCUT2D eigenvalue weighted by atomic mass is 10.2. The summed E-state index contributed by atoms with van der Waals surface area (Å²) < 4.78 is 5.28. The molecule has 19 heavy (non-hydrogen) atoms. The van der Waals surface area contributed by atoms with Gasteiger partial charge in [-0.15, -0.1) is 0 Å². The molecule has 0 saturated carbocycles.